The molecule has 0 aliphatic carbocycles. The maximum Gasteiger partial charge on any atom is 0.269 e. The lowest BCUT2D eigenvalue weighted by Gasteiger charge is -2.29. The van der Waals surface area contributed by atoms with Gasteiger partial charge in [0.05, 0.1) is 24.3 Å². The van der Waals surface area contributed by atoms with Crippen molar-refractivity contribution in [3.63, 3.8) is 0 Å². The number of non-ortho nitro benzene ring substituents is 1. The quantitative estimate of drug-likeness (QED) is 0.478. The molecule has 0 fully saturated rings. The minimum absolute atomic E-state index is 0.0161. The van der Waals surface area contributed by atoms with Gasteiger partial charge in [-0.1, -0.05) is 19.1 Å². The van der Waals surface area contributed by atoms with Crippen molar-refractivity contribution in [1.29, 1.82) is 0 Å². The monoisotopic (exact) mass is 415 g/mol. The van der Waals surface area contributed by atoms with Crippen LogP contribution in [0.5, 0.6) is 11.5 Å². The number of nitro benzene ring substituents is 1. The van der Waals surface area contributed by atoms with Gasteiger partial charge in [0.25, 0.3) is 5.69 Å². The molecule has 0 aromatic heterocycles. The number of methoxy groups -OCH3 is 1. The van der Waals surface area contributed by atoms with Crippen LogP contribution in [0.25, 0.3) is 0 Å². The Kier molecular flexibility index (Phi) is 6.61. The first-order chi connectivity index (χ1) is 14.5. The van der Waals surface area contributed by atoms with Crippen LogP contribution in [-0.4, -0.2) is 35.5 Å². The van der Waals surface area contributed by atoms with Gasteiger partial charge < -0.3 is 9.47 Å². The van der Waals surface area contributed by atoms with Crippen LogP contribution < -0.4 is 9.47 Å². The van der Waals surface area contributed by atoms with Crippen molar-refractivity contribution in [2.45, 2.75) is 26.3 Å². The summed E-state index contributed by atoms with van der Waals surface area (Å²) in [6.45, 7) is 1.18. The molecular weight excluding hydrogens is 393 g/mol. The molecule has 158 valence electrons. The Morgan fingerprint density at radius 3 is 2.57 bits per heavy atom. The number of carbonyl (C=O) groups is 1. The number of halogens is 1. The highest BCUT2D eigenvalue weighted by molar-refractivity contribution is 6.06. The third kappa shape index (κ3) is 4.56. The highest BCUT2D eigenvalue weighted by Crippen LogP contribution is 2.32. The Morgan fingerprint density at radius 1 is 1.23 bits per heavy atom. The predicted molar refractivity (Wildman–Crippen MR) is 108 cm³/mol. The maximum atomic E-state index is 12.7. The Bertz CT molecular complexity index is 962. The fourth-order valence-electron chi connectivity index (χ4n) is 3.34. The molecule has 0 bridgehead atoms. The van der Waals surface area contributed by atoms with E-state index in [1.54, 1.807) is 30.3 Å². The number of hydrogen-bond donors (Lipinski definition) is 0. The molecule has 2 aromatic carbocycles. The van der Waals surface area contributed by atoms with E-state index in [-0.39, 0.29) is 36.2 Å². The molecule has 30 heavy (non-hydrogen) atoms. The molecule has 1 aliphatic heterocycles. The van der Waals surface area contributed by atoms with Crippen LogP contribution in [-0.2, 0) is 11.3 Å². The third-order valence-corrected chi connectivity index (χ3v) is 4.97. The van der Waals surface area contributed by atoms with Gasteiger partial charge in [-0.3, -0.25) is 14.9 Å². The van der Waals surface area contributed by atoms with Crippen molar-refractivity contribution in [3.05, 3.63) is 63.7 Å². The second kappa shape index (κ2) is 9.34. The Hall–Kier alpha value is -3.49. The minimum atomic E-state index is -0.992. The van der Waals surface area contributed by atoms with Crippen LogP contribution in [0.1, 0.15) is 30.9 Å². The summed E-state index contributed by atoms with van der Waals surface area (Å²) in [4.78, 5) is 23.0. The standard InChI is InChI=1S/C21H22FN3O5/c1-3-15-11-20(26)24(12-14-4-7-17(8-5-14)25(27)28)23-21(15)16-6-9-18(29-2)19(10-16)30-13-22/h4-10,15H,3,11-13H2,1-2H3. The van der Waals surface area contributed by atoms with Crippen LogP contribution in [0.2, 0.25) is 0 Å². The molecule has 9 heteroatoms. The van der Waals surface area contributed by atoms with Gasteiger partial charge in [-0.05, 0) is 30.2 Å². The van der Waals surface area contributed by atoms with Crippen molar-refractivity contribution in [2.24, 2.45) is 11.0 Å². The van der Waals surface area contributed by atoms with Crippen LogP contribution in [0.4, 0.5) is 10.1 Å². The molecule has 1 heterocycles. The first kappa shape index (κ1) is 21.2. The van der Waals surface area contributed by atoms with Gasteiger partial charge in [-0.25, -0.2) is 9.40 Å². The molecule has 1 atom stereocenters. The van der Waals surface area contributed by atoms with Gasteiger partial charge in [0, 0.05) is 30.0 Å². The highest BCUT2D eigenvalue weighted by atomic mass is 19.1. The zero-order chi connectivity index (χ0) is 21.7. The van der Waals surface area contributed by atoms with Crippen molar-refractivity contribution in [2.75, 3.05) is 14.0 Å². The summed E-state index contributed by atoms with van der Waals surface area (Å²) in [6, 6.07) is 11.1. The van der Waals surface area contributed by atoms with Crippen molar-refractivity contribution >= 4 is 17.3 Å². The van der Waals surface area contributed by atoms with E-state index in [4.69, 9.17) is 9.47 Å². The van der Waals surface area contributed by atoms with E-state index in [0.29, 0.717) is 23.4 Å². The largest absolute Gasteiger partial charge is 0.493 e. The SMILES string of the molecule is CCC1CC(=O)N(Cc2ccc([N+](=O)[O-])cc2)N=C1c1ccc(OC)c(OCF)c1. The number of hydrogen-bond acceptors (Lipinski definition) is 6. The topological polar surface area (TPSA) is 94.3 Å². The van der Waals surface area contributed by atoms with E-state index in [2.05, 4.69) is 5.10 Å². The fraction of sp³-hybridized carbons (Fsp3) is 0.333. The number of amides is 1. The van der Waals surface area contributed by atoms with Gasteiger partial charge in [-0.15, -0.1) is 0 Å². The molecule has 8 nitrogen and oxygen atoms in total. The second-order valence-corrected chi connectivity index (χ2v) is 6.79. The summed E-state index contributed by atoms with van der Waals surface area (Å²) in [5.41, 5.74) is 2.12. The normalized spacial score (nSPS) is 16.2. The van der Waals surface area contributed by atoms with Crippen molar-refractivity contribution in [3.8, 4) is 11.5 Å². The fourth-order valence-corrected chi connectivity index (χ4v) is 3.34. The van der Waals surface area contributed by atoms with Gasteiger partial charge in [-0.2, -0.15) is 5.10 Å². The van der Waals surface area contributed by atoms with Crippen LogP contribution >= 0.6 is 0 Å². The van der Waals surface area contributed by atoms with E-state index in [9.17, 15) is 19.3 Å². The van der Waals surface area contributed by atoms with Crippen molar-refractivity contribution in [1.82, 2.24) is 5.01 Å². The molecular formula is C21H22FN3O5. The first-order valence-electron chi connectivity index (χ1n) is 9.46. The van der Waals surface area contributed by atoms with E-state index in [0.717, 1.165) is 5.56 Å². The average Bonchev–Trinajstić information content (AvgIpc) is 2.75. The summed E-state index contributed by atoms with van der Waals surface area (Å²) in [5, 5.41) is 16.8. The molecule has 0 N–H and O–H groups in total. The number of ether oxygens (including phenoxy) is 2. The average molecular weight is 415 g/mol. The Balaban J connectivity index is 1.92. The summed E-state index contributed by atoms with van der Waals surface area (Å²) in [7, 11) is 1.47. The molecule has 0 saturated heterocycles. The predicted octanol–water partition coefficient (Wildman–Crippen LogP) is 4.07. The van der Waals surface area contributed by atoms with Gasteiger partial charge in [0.15, 0.2) is 11.5 Å². The summed E-state index contributed by atoms with van der Waals surface area (Å²) >= 11 is 0. The van der Waals surface area contributed by atoms with Gasteiger partial charge in [0.2, 0.25) is 12.8 Å². The van der Waals surface area contributed by atoms with Crippen molar-refractivity contribution < 1.29 is 23.6 Å². The van der Waals surface area contributed by atoms with Crippen LogP contribution in [0.3, 0.4) is 0 Å². The lowest BCUT2D eigenvalue weighted by molar-refractivity contribution is -0.384. The molecule has 0 saturated carbocycles. The molecule has 2 aromatic rings. The lowest BCUT2D eigenvalue weighted by atomic mass is 9.89. The van der Waals surface area contributed by atoms with E-state index in [1.807, 2.05) is 6.92 Å². The third-order valence-electron chi connectivity index (χ3n) is 4.97. The minimum Gasteiger partial charge on any atom is -0.493 e. The zero-order valence-electron chi connectivity index (χ0n) is 16.7. The first-order valence-corrected chi connectivity index (χ1v) is 9.46. The number of alkyl halides is 1. The molecule has 1 amide bonds. The van der Waals surface area contributed by atoms with E-state index < -0.39 is 11.8 Å². The Morgan fingerprint density at radius 2 is 1.97 bits per heavy atom. The van der Waals surface area contributed by atoms with Gasteiger partial charge in [0.1, 0.15) is 0 Å². The molecule has 1 aliphatic rings. The number of rotatable bonds is 8. The summed E-state index contributed by atoms with van der Waals surface area (Å²) < 4.78 is 23.0. The number of nitro groups is 1. The molecule has 0 radical (unpaired) electrons. The molecule has 0 spiro atoms. The smallest absolute Gasteiger partial charge is 0.269 e. The number of benzene rings is 2. The highest BCUT2D eigenvalue weighted by Gasteiger charge is 2.30. The number of nitrogens with zero attached hydrogens (tertiary/aromatic N) is 3. The lowest BCUT2D eigenvalue weighted by Crippen LogP contribution is -2.36. The molecule has 1 unspecified atom stereocenters. The zero-order valence-corrected chi connectivity index (χ0v) is 16.7. The summed E-state index contributed by atoms with van der Waals surface area (Å²) in [5.74, 6) is 0.448. The van der Waals surface area contributed by atoms with E-state index >= 15 is 0 Å². The Labute approximate surface area is 173 Å². The summed E-state index contributed by atoms with van der Waals surface area (Å²) in [6.07, 6.45) is 0.995. The van der Waals surface area contributed by atoms with Gasteiger partial charge >= 0.3 is 0 Å². The molecule has 3 rings (SSSR count). The number of carbonyl (C=O) groups excluding carboxylic acids is 1. The maximum absolute atomic E-state index is 12.7. The van der Waals surface area contributed by atoms with Crippen LogP contribution in [0, 0.1) is 16.0 Å². The second-order valence-electron chi connectivity index (χ2n) is 6.79. The number of hydrazone groups is 1. The van der Waals surface area contributed by atoms with Crippen LogP contribution in [0.15, 0.2) is 47.6 Å². The van der Waals surface area contributed by atoms with E-state index in [1.165, 1.54) is 24.3 Å².